The average molecular weight is 408 g/mol. The van der Waals surface area contributed by atoms with Crippen LogP contribution in [0, 0.1) is 16.7 Å². The van der Waals surface area contributed by atoms with E-state index in [0.717, 1.165) is 5.71 Å². The third-order valence-electron chi connectivity index (χ3n) is 5.30. The summed E-state index contributed by atoms with van der Waals surface area (Å²) in [4.78, 5) is 28.0. The van der Waals surface area contributed by atoms with Gasteiger partial charge in [-0.15, -0.1) is 0 Å². The third-order valence-corrected chi connectivity index (χ3v) is 5.30. The lowest BCUT2D eigenvalue weighted by molar-refractivity contribution is -0.124. The number of imide groups is 1. The van der Waals surface area contributed by atoms with Gasteiger partial charge in [0.1, 0.15) is 17.3 Å². The predicted octanol–water partition coefficient (Wildman–Crippen LogP) is 1.96. The van der Waals surface area contributed by atoms with E-state index >= 15 is 0 Å². The minimum absolute atomic E-state index is 0.0746. The highest BCUT2D eigenvalue weighted by atomic mass is 16.2. The fourth-order valence-electron chi connectivity index (χ4n) is 3.87. The van der Waals surface area contributed by atoms with Crippen molar-refractivity contribution in [2.24, 2.45) is 10.5 Å². The molecule has 2 aromatic rings. The summed E-state index contributed by atoms with van der Waals surface area (Å²) in [5.74, 6) is 0.403. The van der Waals surface area contributed by atoms with E-state index in [1.165, 1.54) is 0 Å². The number of hydrogen-bond donors (Lipinski definition) is 2. The number of amides is 3. The molecule has 0 bridgehead atoms. The normalized spacial score (nSPS) is 21.5. The van der Waals surface area contributed by atoms with E-state index in [2.05, 4.69) is 47.6 Å². The highest BCUT2D eigenvalue weighted by molar-refractivity contribution is 6.08. The molecule has 0 radical (unpaired) electrons. The summed E-state index contributed by atoms with van der Waals surface area (Å²) in [6.45, 7) is 6.94. The Morgan fingerprint density at radius 1 is 1.33 bits per heavy atom. The maximum Gasteiger partial charge on any atom is 0.322 e. The van der Waals surface area contributed by atoms with Gasteiger partial charge in [-0.3, -0.25) is 10.1 Å². The van der Waals surface area contributed by atoms with E-state index in [4.69, 9.17) is 5.10 Å². The molecule has 10 nitrogen and oxygen atoms in total. The Morgan fingerprint density at radius 3 is 2.67 bits per heavy atom. The number of hydrogen-bond acceptors (Lipinski definition) is 7. The van der Waals surface area contributed by atoms with Gasteiger partial charge in [-0.25, -0.2) is 14.8 Å². The van der Waals surface area contributed by atoms with Crippen molar-refractivity contribution in [3.05, 3.63) is 24.0 Å². The molecule has 4 rings (SSSR count). The van der Waals surface area contributed by atoms with Crippen molar-refractivity contribution in [1.29, 1.82) is 5.26 Å². The van der Waals surface area contributed by atoms with Gasteiger partial charge in [-0.05, 0) is 31.1 Å². The van der Waals surface area contributed by atoms with Crippen LogP contribution in [0.15, 0.2) is 23.4 Å². The lowest BCUT2D eigenvalue weighted by Crippen LogP contribution is -2.49. The second-order valence-electron chi connectivity index (χ2n) is 8.99. The molecule has 1 aliphatic carbocycles. The summed E-state index contributed by atoms with van der Waals surface area (Å²) in [5, 5.41) is 25.6. The number of hydrazone groups is 1. The Hall–Kier alpha value is -3.48. The van der Waals surface area contributed by atoms with Gasteiger partial charge in [0.05, 0.1) is 6.20 Å². The van der Waals surface area contributed by atoms with Crippen molar-refractivity contribution in [2.45, 2.75) is 52.0 Å². The van der Waals surface area contributed by atoms with Gasteiger partial charge >= 0.3 is 6.03 Å². The number of anilines is 1. The molecule has 10 heteroatoms. The minimum atomic E-state index is -0.829. The van der Waals surface area contributed by atoms with E-state index in [0.29, 0.717) is 49.4 Å². The van der Waals surface area contributed by atoms with Crippen LogP contribution in [0.3, 0.4) is 0 Å². The Labute approximate surface area is 173 Å². The lowest BCUT2D eigenvalue weighted by atomic mass is 9.81. The van der Waals surface area contributed by atoms with Crippen LogP contribution in [0.25, 0.3) is 5.65 Å². The zero-order chi connectivity index (χ0) is 21.5. The van der Waals surface area contributed by atoms with E-state index < -0.39 is 11.6 Å². The SMILES string of the molecule is CC(C)(C)CN(N=C1CCC2(CC1)NC(=O)NC2=O)c1cc(C#N)nc2ccnn12. The summed E-state index contributed by atoms with van der Waals surface area (Å²) in [7, 11) is 0. The number of urea groups is 1. The summed E-state index contributed by atoms with van der Waals surface area (Å²) in [6, 6.07) is 5.10. The van der Waals surface area contributed by atoms with Gasteiger partial charge in [0.25, 0.3) is 5.91 Å². The van der Waals surface area contributed by atoms with Crippen molar-refractivity contribution < 1.29 is 9.59 Å². The number of nitrogens with zero attached hydrogens (tertiary/aromatic N) is 6. The molecule has 2 N–H and O–H groups in total. The Morgan fingerprint density at radius 2 is 2.07 bits per heavy atom. The van der Waals surface area contributed by atoms with Gasteiger partial charge < -0.3 is 5.32 Å². The molecule has 30 heavy (non-hydrogen) atoms. The highest BCUT2D eigenvalue weighted by Gasteiger charge is 2.47. The molecule has 3 amide bonds. The second kappa shape index (κ2) is 7.09. The first-order valence-electron chi connectivity index (χ1n) is 9.92. The highest BCUT2D eigenvalue weighted by Crippen LogP contribution is 2.31. The van der Waals surface area contributed by atoms with Gasteiger partial charge in [-0.1, -0.05) is 20.8 Å². The second-order valence-corrected chi connectivity index (χ2v) is 8.99. The molecular weight excluding hydrogens is 384 g/mol. The molecule has 0 unspecified atom stereocenters. The smallest absolute Gasteiger partial charge is 0.322 e. The number of nitriles is 1. The molecule has 0 atom stereocenters. The summed E-state index contributed by atoms with van der Waals surface area (Å²) in [5.41, 5.74) is 0.912. The molecule has 1 aliphatic heterocycles. The number of fused-ring (bicyclic) bond motifs is 1. The number of carbonyl (C=O) groups excluding carboxylic acids is 2. The first-order valence-corrected chi connectivity index (χ1v) is 9.92. The van der Waals surface area contributed by atoms with Crippen LogP contribution in [-0.4, -0.2) is 44.3 Å². The number of aromatic nitrogens is 3. The topological polar surface area (TPSA) is 128 Å². The van der Waals surface area contributed by atoms with Gasteiger partial charge in [0, 0.05) is 24.4 Å². The molecule has 1 saturated carbocycles. The molecule has 1 spiro atoms. The van der Waals surface area contributed by atoms with Crippen molar-refractivity contribution in [3.8, 4) is 6.07 Å². The molecule has 156 valence electrons. The fourth-order valence-corrected chi connectivity index (χ4v) is 3.87. The molecular formula is C20H24N8O2. The van der Waals surface area contributed by atoms with E-state index in [9.17, 15) is 14.9 Å². The largest absolute Gasteiger partial charge is 0.323 e. The van der Waals surface area contributed by atoms with Crippen molar-refractivity contribution in [2.75, 3.05) is 11.6 Å². The van der Waals surface area contributed by atoms with Gasteiger partial charge in [-0.2, -0.15) is 20.0 Å². The summed E-state index contributed by atoms with van der Waals surface area (Å²) in [6.07, 6.45) is 3.83. The van der Waals surface area contributed by atoms with Crippen LogP contribution in [0.1, 0.15) is 52.1 Å². The monoisotopic (exact) mass is 408 g/mol. The fraction of sp³-hybridized carbons (Fsp3) is 0.500. The first kappa shape index (κ1) is 19.8. The van der Waals surface area contributed by atoms with Gasteiger partial charge in [0.15, 0.2) is 11.5 Å². The average Bonchev–Trinajstić information content (AvgIpc) is 3.25. The Bertz CT molecular complexity index is 1080. The maximum atomic E-state index is 12.2. The standard InChI is InChI=1S/C20H24N8O2/c1-19(2,3)12-27(16-10-14(11-21)23-15-6-9-22-28(15)16)26-13-4-7-20(8-5-13)17(29)24-18(30)25-20/h6,9-10H,4-5,7-8,12H2,1-3H3,(H2,24,25,29,30). The summed E-state index contributed by atoms with van der Waals surface area (Å²) < 4.78 is 1.67. The number of rotatable bonds is 3. The van der Waals surface area contributed by atoms with E-state index in [1.54, 1.807) is 22.8 Å². The quantitative estimate of drug-likeness (QED) is 0.590. The van der Waals surface area contributed by atoms with Crippen LogP contribution in [0.4, 0.5) is 10.6 Å². The van der Waals surface area contributed by atoms with Crippen LogP contribution in [0.5, 0.6) is 0 Å². The van der Waals surface area contributed by atoms with Gasteiger partial charge in [0.2, 0.25) is 0 Å². The van der Waals surface area contributed by atoms with Crippen LogP contribution in [0.2, 0.25) is 0 Å². The zero-order valence-electron chi connectivity index (χ0n) is 17.3. The van der Waals surface area contributed by atoms with E-state index in [-0.39, 0.29) is 11.3 Å². The van der Waals surface area contributed by atoms with Crippen LogP contribution >= 0.6 is 0 Å². The molecule has 2 aromatic heterocycles. The molecule has 3 heterocycles. The molecule has 0 aromatic carbocycles. The minimum Gasteiger partial charge on any atom is -0.323 e. The number of nitrogens with one attached hydrogen (secondary N) is 2. The Balaban J connectivity index is 1.67. The predicted molar refractivity (Wildman–Crippen MR) is 110 cm³/mol. The Kier molecular flexibility index (Phi) is 4.68. The van der Waals surface area contributed by atoms with Crippen LogP contribution < -0.4 is 15.6 Å². The molecule has 1 saturated heterocycles. The zero-order valence-corrected chi connectivity index (χ0v) is 17.3. The van der Waals surface area contributed by atoms with Crippen molar-refractivity contribution >= 4 is 29.1 Å². The van der Waals surface area contributed by atoms with Crippen LogP contribution in [-0.2, 0) is 4.79 Å². The maximum absolute atomic E-state index is 12.2. The number of carbonyl (C=O) groups is 2. The first-order chi connectivity index (χ1) is 14.2. The molecule has 2 aliphatic rings. The van der Waals surface area contributed by atoms with Crippen molar-refractivity contribution in [1.82, 2.24) is 25.2 Å². The van der Waals surface area contributed by atoms with Crippen molar-refractivity contribution in [3.63, 3.8) is 0 Å². The summed E-state index contributed by atoms with van der Waals surface area (Å²) >= 11 is 0. The van der Waals surface area contributed by atoms with E-state index in [1.807, 2.05) is 5.01 Å². The lowest BCUT2D eigenvalue weighted by Gasteiger charge is -2.33. The third kappa shape index (κ3) is 3.70. The molecule has 2 fully saturated rings.